The summed E-state index contributed by atoms with van der Waals surface area (Å²) in [5.74, 6) is 0.492. The Morgan fingerprint density at radius 3 is 2.44 bits per heavy atom. The molecule has 2 heterocycles. The topological polar surface area (TPSA) is 65.5 Å². The first-order valence-electron chi connectivity index (χ1n) is 10.3. The van der Waals surface area contributed by atoms with Gasteiger partial charge in [-0.3, -0.25) is 9.59 Å². The molecule has 1 aromatic carbocycles. The Balaban J connectivity index is 1.38. The predicted octanol–water partition coefficient (Wildman–Crippen LogP) is 4.31. The number of anilines is 2. The maximum absolute atomic E-state index is 12.9. The van der Waals surface area contributed by atoms with E-state index >= 15 is 0 Å². The van der Waals surface area contributed by atoms with Crippen LogP contribution in [-0.4, -0.2) is 47.9 Å². The number of hydrogen-bond acceptors (Lipinski definition) is 4. The zero-order valence-corrected chi connectivity index (χ0v) is 18.1. The van der Waals surface area contributed by atoms with E-state index in [4.69, 9.17) is 11.6 Å². The van der Waals surface area contributed by atoms with E-state index in [1.165, 1.54) is 0 Å². The fourth-order valence-corrected chi connectivity index (χ4v) is 4.06. The summed E-state index contributed by atoms with van der Waals surface area (Å²) in [6, 6.07) is 7.69. The molecule has 1 aliphatic heterocycles. The summed E-state index contributed by atoms with van der Waals surface area (Å²) in [6.07, 6.45) is -2.86. The molecule has 6 nitrogen and oxygen atoms in total. The van der Waals surface area contributed by atoms with Crippen molar-refractivity contribution in [2.45, 2.75) is 19.5 Å². The fourth-order valence-electron chi connectivity index (χ4n) is 3.77. The molecule has 1 aromatic heterocycles. The number of benzene rings is 1. The molecule has 4 rings (SSSR count). The van der Waals surface area contributed by atoms with Crippen LogP contribution < -0.4 is 10.2 Å². The maximum atomic E-state index is 12.9. The minimum Gasteiger partial charge on any atom is -0.352 e. The molecule has 1 saturated carbocycles. The highest BCUT2D eigenvalue weighted by Gasteiger charge is 2.39. The number of halogens is 4. The van der Waals surface area contributed by atoms with Crippen molar-refractivity contribution in [1.29, 1.82) is 0 Å². The van der Waals surface area contributed by atoms with Crippen LogP contribution in [0.2, 0.25) is 5.02 Å². The first kappa shape index (κ1) is 22.4. The van der Waals surface area contributed by atoms with Crippen molar-refractivity contribution < 1.29 is 22.8 Å². The van der Waals surface area contributed by atoms with Crippen molar-refractivity contribution in [2.24, 2.45) is 11.8 Å². The third-order valence-electron chi connectivity index (χ3n) is 5.84. The Bertz CT molecular complexity index is 1040. The second kappa shape index (κ2) is 8.61. The minimum absolute atomic E-state index is 0.0309. The summed E-state index contributed by atoms with van der Waals surface area (Å²) in [4.78, 5) is 32.4. The Hall–Kier alpha value is -2.81. The van der Waals surface area contributed by atoms with E-state index in [0.29, 0.717) is 43.3 Å². The Morgan fingerprint density at radius 1 is 1.16 bits per heavy atom. The van der Waals surface area contributed by atoms with E-state index in [1.807, 2.05) is 6.92 Å². The molecular formula is C22H22ClF3N4O2. The first-order valence-corrected chi connectivity index (χ1v) is 10.7. The highest BCUT2D eigenvalue weighted by molar-refractivity contribution is 6.33. The van der Waals surface area contributed by atoms with Gasteiger partial charge in [0.25, 0.3) is 5.91 Å². The molecular weight excluding hydrogens is 445 g/mol. The van der Waals surface area contributed by atoms with Gasteiger partial charge < -0.3 is 15.1 Å². The van der Waals surface area contributed by atoms with Gasteiger partial charge in [-0.1, -0.05) is 24.6 Å². The molecule has 2 fully saturated rings. The number of amides is 2. The highest BCUT2D eigenvalue weighted by Crippen LogP contribution is 2.38. The second-order valence-electron chi connectivity index (χ2n) is 8.20. The number of nitrogens with one attached hydrogen (secondary N) is 1. The molecule has 1 N–H and O–H groups in total. The quantitative estimate of drug-likeness (QED) is 0.729. The van der Waals surface area contributed by atoms with Crippen LogP contribution in [0.4, 0.5) is 24.7 Å². The normalized spacial score (nSPS) is 20.8. The van der Waals surface area contributed by atoms with E-state index < -0.39 is 11.7 Å². The van der Waals surface area contributed by atoms with Crippen molar-refractivity contribution in [1.82, 2.24) is 9.88 Å². The van der Waals surface area contributed by atoms with Crippen LogP contribution in [0.25, 0.3) is 0 Å². The first-order chi connectivity index (χ1) is 15.1. The van der Waals surface area contributed by atoms with E-state index in [0.717, 1.165) is 18.7 Å². The number of pyridine rings is 1. The Morgan fingerprint density at radius 2 is 1.84 bits per heavy atom. The van der Waals surface area contributed by atoms with Crippen LogP contribution in [0, 0.1) is 11.8 Å². The Labute approximate surface area is 188 Å². The second-order valence-corrected chi connectivity index (χ2v) is 8.60. The van der Waals surface area contributed by atoms with Crippen molar-refractivity contribution >= 4 is 34.9 Å². The highest BCUT2D eigenvalue weighted by atomic mass is 35.5. The number of nitrogens with zero attached hydrogens (tertiary/aromatic N) is 3. The van der Waals surface area contributed by atoms with Gasteiger partial charge in [0.05, 0.1) is 10.6 Å². The summed E-state index contributed by atoms with van der Waals surface area (Å²) >= 11 is 6.04. The molecule has 10 heteroatoms. The van der Waals surface area contributed by atoms with Crippen LogP contribution in [-0.2, 0) is 11.0 Å². The zero-order valence-electron chi connectivity index (χ0n) is 17.3. The lowest BCUT2D eigenvalue weighted by atomic mass is 10.1. The van der Waals surface area contributed by atoms with Crippen LogP contribution in [0.5, 0.6) is 0 Å². The van der Waals surface area contributed by atoms with Crippen molar-refractivity contribution in [3.05, 3.63) is 52.7 Å². The fraction of sp³-hybridized carbons (Fsp3) is 0.409. The smallest absolute Gasteiger partial charge is 0.352 e. The van der Waals surface area contributed by atoms with Gasteiger partial charge in [-0.15, -0.1) is 0 Å². The van der Waals surface area contributed by atoms with E-state index in [1.54, 1.807) is 34.1 Å². The number of alkyl halides is 3. The SMILES string of the molecule is CC1CC1C(=O)Nc1cccc(C(=O)N2CCN(c3ncc(C(F)(F)F)cc3Cl)CC2)c1. The summed E-state index contributed by atoms with van der Waals surface area (Å²) in [5.41, 5.74) is 0.147. The largest absolute Gasteiger partial charge is 0.417 e. The number of carbonyl (C=O) groups is 2. The standard InChI is InChI=1S/C22H22ClF3N4O2/c1-13-9-17(13)20(31)28-16-4-2-3-14(10-16)21(32)30-7-5-29(6-8-30)19-18(23)11-15(12-27-19)22(24,25)26/h2-4,10-13,17H,5-9H2,1H3,(H,28,31). The van der Waals surface area contributed by atoms with Gasteiger partial charge in [-0.2, -0.15) is 13.2 Å². The van der Waals surface area contributed by atoms with Gasteiger partial charge in [0, 0.05) is 49.5 Å². The van der Waals surface area contributed by atoms with Gasteiger partial charge >= 0.3 is 6.18 Å². The van der Waals surface area contributed by atoms with Gasteiger partial charge in [0.15, 0.2) is 0 Å². The summed E-state index contributed by atoms with van der Waals surface area (Å²) in [5, 5.41) is 2.79. The molecule has 2 aromatic rings. The van der Waals surface area contributed by atoms with E-state index in [9.17, 15) is 22.8 Å². The zero-order chi connectivity index (χ0) is 23.0. The number of carbonyl (C=O) groups excluding carboxylic acids is 2. The van der Waals surface area contributed by atoms with Crippen molar-refractivity contribution in [2.75, 3.05) is 36.4 Å². The van der Waals surface area contributed by atoms with Crippen molar-refractivity contribution in [3.8, 4) is 0 Å². The number of piperazine rings is 1. The number of rotatable bonds is 4. The van der Waals surface area contributed by atoms with Crippen LogP contribution in [0.1, 0.15) is 29.3 Å². The minimum atomic E-state index is -4.51. The van der Waals surface area contributed by atoms with Gasteiger partial charge in [0.2, 0.25) is 5.91 Å². The molecule has 1 aliphatic carbocycles. The number of hydrogen-bond donors (Lipinski definition) is 1. The third-order valence-corrected chi connectivity index (χ3v) is 6.12. The average molecular weight is 467 g/mol. The molecule has 32 heavy (non-hydrogen) atoms. The molecule has 1 saturated heterocycles. The molecule has 0 bridgehead atoms. The lowest BCUT2D eigenvalue weighted by molar-refractivity contribution is -0.137. The van der Waals surface area contributed by atoms with Gasteiger partial charge in [-0.25, -0.2) is 4.98 Å². The van der Waals surface area contributed by atoms with E-state index in [-0.39, 0.29) is 28.6 Å². The van der Waals surface area contributed by atoms with Crippen molar-refractivity contribution in [3.63, 3.8) is 0 Å². The van der Waals surface area contributed by atoms with Gasteiger partial charge in [-0.05, 0) is 36.6 Å². The van der Waals surface area contributed by atoms with Gasteiger partial charge in [0.1, 0.15) is 5.82 Å². The summed E-state index contributed by atoms with van der Waals surface area (Å²) in [7, 11) is 0. The van der Waals surface area contributed by atoms with Crippen LogP contribution >= 0.6 is 11.6 Å². The molecule has 2 aliphatic rings. The number of aromatic nitrogens is 1. The predicted molar refractivity (Wildman–Crippen MR) is 115 cm³/mol. The van der Waals surface area contributed by atoms with Crippen LogP contribution in [0.3, 0.4) is 0 Å². The monoisotopic (exact) mass is 466 g/mol. The lowest BCUT2D eigenvalue weighted by Gasteiger charge is -2.36. The molecule has 2 amide bonds. The molecule has 2 unspecified atom stereocenters. The summed E-state index contributed by atoms with van der Waals surface area (Å²) in [6.45, 7) is 3.54. The third kappa shape index (κ3) is 4.82. The molecule has 0 radical (unpaired) electrons. The van der Waals surface area contributed by atoms with Crippen LogP contribution in [0.15, 0.2) is 36.5 Å². The lowest BCUT2D eigenvalue weighted by Crippen LogP contribution is -2.49. The Kier molecular flexibility index (Phi) is 6.03. The molecule has 0 spiro atoms. The molecule has 170 valence electrons. The molecule has 2 atom stereocenters. The van der Waals surface area contributed by atoms with E-state index in [2.05, 4.69) is 10.3 Å². The average Bonchev–Trinajstić information content (AvgIpc) is 3.50. The summed E-state index contributed by atoms with van der Waals surface area (Å²) < 4.78 is 38.5. The maximum Gasteiger partial charge on any atom is 0.417 e.